The normalized spacial score (nSPS) is 12.2. The molecule has 1 amide bonds. The molecule has 0 radical (unpaired) electrons. The van der Waals surface area contributed by atoms with Crippen LogP contribution >= 0.6 is 12.4 Å². The van der Waals surface area contributed by atoms with Crippen molar-refractivity contribution in [2.75, 3.05) is 26.0 Å². The van der Waals surface area contributed by atoms with Crippen LogP contribution in [0.4, 0.5) is 10.5 Å². The van der Waals surface area contributed by atoms with Crippen molar-refractivity contribution >= 4 is 24.2 Å². The average molecular weight is 430 g/mol. The van der Waals surface area contributed by atoms with Crippen LogP contribution in [0.1, 0.15) is 25.7 Å². The van der Waals surface area contributed by atoms with Crippen LogP contribution in [0, 0.1) is 5.41 Å². The lowest BCUT2D eigenvalue weighted by molar-refractivity contribution is -0.00107. The number of benzene rings is 2. The van der Waals surface area contributed by atoms with E-state index in [0.717, 1.165) is 5.56 Å². The van der Waals surface area contributed by atoms with Crippen LogP contribution in [0.25, 0.3) is 11.3 Å². The van der Waals surface area contributed by atoms with Gasteiger partial charge in [-0.2, -0.15) is 0 Å². The largest absolute Gasteiger partial charge is 0.437 e. The maximum absolute atomic E-state index is 12.6. The van der Waals surface area contributed by atoms with Crippen molar-refractivity contribution in [3.05, 3.63) is 72.5 Å². The Balaban J connectivity index is 0.00000320. The van der Waals surface area contributed by atoms with E-state index in [1.54, 1.807) is 0 Å². The van der Waals surface area contributed by atoms with Gasteiger partial charge in [0, 0.05) is 29.3 Å². The molecule has 0 spiro atoms. The minimum atomic E-state index is -0.612. The Morgan fingerprint density at radius 2 is 1.70 bits per heavy atom. The summed E-state index contributed by atoms with van der Waals surface area (Å²) in [5.41, 5.74) is 1.91. The molecule has 1 unspecified atom stereocenters. The Morgan fingerprint density at radius 3 is 2.30 bits per heavy atom. The number of carbonyl (C=O) groups is 1. The number of amides is 1. The first-order valence-electron chi connectivity index (χ1n) is 9.54. The van der Waals surface area contributed by atoms with Crippen LogP contribution in [0.5, 0.6) is 0 Å². The van der Waals surface area contributed by atoms with Gasteiger partial charge in [0.05, 0.1) is 0 Å². The van der Waals surface area contributed by atoms with E-state index in [1.165, 1.54) is 0 Å². The van der Waals surface area contributed by atoms with E-state index in [9.17, 15) is 4.79 Å². The number of aromatic nitrogens is 1. The van der Waals surface area contributed by atoms with Crippen molar-refractivity contribution in [3.8, 4) is 11.3 Å². The maximum Gasteiger partial charge on any atom is 0.412 e. The van der Waals surface area contributed by atoms with Gasteiger partial charge in [-0.3, -0.25) is 5.32 Å². The van der Waals surface area contributed by atoms with Gasteiger partial charge in [-0.15, -0.1) is 12.4 Å². The molecule has 0 aliphatic heterocycles. The quantitative estimate of drug-likeness (QED) is 0.526. The molecule has 1 aromatic heterocycles. The molecule has 1 N–H and O–H groups in total. The minimum Gasteiger partial charge on any atom is -0.437 e. The van der Waals surface area contributed by atoms with E-state index in [1.807, 2.05) is 94.7 Å². The molecular weight excluding hydrogens is 402 g/mol. The van der Waals surface area contributed by atoms with Gasteiger partial charge in [-0.25, -0.2) is 4.79 Å². The smallest absolute Gasteiger partial charge is 0.412 e. The van der Waals surface area contributed by atoms with Crippen LogP contribution < -0.4 is 5.32 Å². The lowest BCUT2D eigenvalue weighted by atomic mass is 9.84. The number of carbonyl (C=O) groups excluding carboxylic acids is 1. The van der Waals surface area contributed by atoms with E-state index < -0.39 is 17.6 Å². The molecule has 1 heterocycles. The first kappa shape index (κ1) is 23.4. The summed E-state index contributed by atoms with van der Waals surface area (Å²) in [5.74, 6) is 0.513. The lowest BCUT2D eigenvalue weighted by Crippen LogP contribution is -2.36. The standard InChI is InChI=1S/C23H27N3O3.ClH/c1-23(2,16-26(3)4)21(28-22(27)24-18-13-9-6-10-14-18)20-15-19(25-29-20)17-11-7-5-8-12-17;/h5-15,21H,16H2,1-4H3,(H,24,27);1H. The summed E-state index contributed by atoms with van der Waals surface area (Å²) in [6, 6.07) is 20.8. The van der Waals surface area contributed by atoms with Gasteiger partial charge in [0.15, 0.2) is 11.9 Å². The molecule has 30 heavy (non-hydrogen) atoms. The lowest BCUT2D eigenvalue weighted by Gasteiger charge is -2.34. The highest BCUT2D eigenvalue weighted by molar-refractivity contribution is 5.85. The third-order valence-corrected chi connectivity index (χ3v) is 4.53. The van der Waals surface area contributed by atoms with E-state index in [-0.39, 0.29) is 12.4 Å². The summed E-state index contributed by atoms with van der Waals surface area (Å²) in [5, 5.41) is 6.96. The molecule has 3 aromatic rings. The molecule has 0 aliphatic rings. The second-order valence-corrected chi connectivity index (χ2v) is 7.98. The number of hydrogen-bond donors (Lipinski definition) is 1. The monoisotopic (exact) mass is 429 g/mol. The molecule has 6 nitrogen and oxygen atoms in total. The summed E-state index contributed by atoms with van der Waals surface area (Å²) in [4.78, 5) is 14.7. The molecule has 160 valence electrons. The van der Waals surface area contributed by atoms with Crippen LogP contribution in [0.2, 0.25) is 0 Å². The summed E-state index contributed by atoms with van der Waals surface area (Å²) < 4.78 is 11.5. The Morgan fingerprint density at radius 1 is 1.10 bits per heavy atom. The van der Waals surface area contributed by atoms with Gasteiger partial charge < -0.3 is 14.2 Å². The number of ether oxygens (including phenoxy) is 1. The van der Waals surface area contributed by atoms with Gasteiger partial charge in [0.25, 0.3) is 0 Å². The average Bonchev–Trinajstić information content (AvgIpc) is 3.16. The van der Waals surface area contributed by atoms with Gasteiger partial charge in [0.2, 0.25) is 0 Å². The predicted molar refractivity (Wildman–Crippen MR) is 121 cm³/mol. The third-order valence-electron chi connectivity index (χ3n) is 4.53. The zero-order valence-corrected chi connectivity index (χ0v) is 18.5. The van der Waals surface area contributed by atoms with Crippen LogP contribution in [-0.4, -0.2) is 36.8 Å². The third kappa shape index (κ3) is 6.08. The molecule has 7 heteroatoms. The van der Waals surface area contributed by atoms with E-state index in [0.29, 0.717) is 23.7 Å². The van der Waals surface area contributed by atoms with E-state index >= 15 is 0 Å². The van der Waals surface area contributed by atoms with Crippen molar-refractivity contribution in [1.82, 2.24) is 10.1 Å². The highest BCUT2D eigenvalue weighted by Gasteiger charge is 2.38. The molecule has 0 saturated carbocycles. The second-order valence-electron chi connectivity index (χ2n) is 7.98. The molecule has 0 saturated heterocycles. The Bertz CT molecular complexity index is 927. The molecule has 0 bridgehead atoms. The van der Waals surface area contributed by atoms with Crippen molar-refractivity contribution < 1.29 is 14.1 Å². The number of nitrogens with one attached hydrogen (secondary N) is 1. The molecular formula is C23H28ClN3O3. The zero-order valence-electron chi connectivity index (χ0n) is 17.7. The SMILES string of the molecule is CN(C)CC(C)(C)C(OC(=O)Nc1ccccc1)c1cc(-c2ccccc2)no1.Cl. The fourth-order valence-corrected chi connectivity index (χ4v) is 3.43. The topological polar surface area (TPSA) is 67.6 Å². The second kappa shape index (κ2) is 10.3. The maximum atomic E-state index is 12.6. The van der Waals surface area contributed by atoms with Gasteiger partial charge in [-0.05, 0) is 26.2 Å². The fraction of sp³-hybridized carbons (Fsp3) is 0.304. The summed E-state index contributed by atoms with van der Waals surface area (Å²) >= 11 is 0. The number of nitrogens with zero attached hydrogens (tertiary/aromatic N) is 2. The number of para-hydroxylation sites is 1. The Hall–Kier alpha value is -2.83. The molecule has 2 aromatic carbocycles. The number of anilines is 1. The highest BCUT2D eigenvalue weighted by atomic mass is 35.5. The summed E-state index contributed by atoms with van der Waals surface area (Å²) in [6.45, 7) is 4.77. The van der Waals surface area contributed by atoms with Gasteiger partial charge >= 0.3 is 6.09 Å². The number of halogens is 1. The zero-order chi connectivity index (χ0) is 20.9. The van der Waals surface area contributed by atoms with Gasteiger partial charge in [0.1, 0.15) is 5.69 Å². The fourth-order valence-electron chi connectivity index (χ4n) is 3.43. The van der Waals surface area contributed by atoms with Gasteiger partial charge in [-0.1, -0.05) is 67.5 Å². The molecule has 1 atom stereocenters. The molecule has 0 fully saturated rings. The molecule has 3 rings (SSSR count). The first-order chi connectivity index (χ1) is 13.8. The minimum absolute atomic E-state index is 0. The first-order valence-corrected chi connectivity index (χ1v) is 9.54. The van der Waals surface area contributed by atoms with Crippen LogP contribution in [0.15, 0.2) is 71.3 Å². The summed E-state index contributed by atoms with van der Waals surface area (Å²) in [6.07, 6.45) is -1.15. The van der Waals surface area contributed by atoms with E-state index in [4.69, 9.17) is 9.26 Å². The Labute approximate surface area is 183 Å². The number of hydrogen-bond acceptors (Lipinski definition) is 5. The summed E-state index contributed by atoms with van der Waals surface area (Å²) in [7, 11) is 3.97. The van der Waals surface area contributed by atoms with Crippen molar-refractivity contribution in [1.29, 1.82) is 0 Å². The van der Waals surface area contributed by atoms with Crippen molar-refractivity contribution in [2.24, 2.45) is 5.41 Å². The Kier molecular flexibility index (Phi) is 8.03. The van der Waals surface area contributed by atoms with E-state index in [2.05, 4.69) is 15.4 Å². The van der Waals surface area contributed by atoms with Crippen LogP contribution in [-0.2, 0) is 4.74 Å². The van der Waals surface area contributed by atoms with Crippen molar-refractivity contribution in [2.45, 2.75) is 20.0 Å². The predicted octanol–water partition coefficient (Wildman–Crippen LogP) is 5.64. The highest BCUT2D eigenvalue weighted by Crippen LogP contribution is 2.38. The van der Waals surface area contributed by atoms with Crippen LogP contribution in [0.3, 0.4) is 0 Å². The van der Waals surface area contributed by atoms with Crippen molar-refractivity contribution in [3.63, 3.8) is 0 Å². The molecule has 0 aliphatic carbocycles. The number of rotatable bonds is 7.